The summed E-state index contributed by atoms with van der Waals surface area (Å²) in [6.45, 7) is 6.71. The van der Waals surface area contributed by atoms with Gasteiger partial charge in [-0.2, -0.15) is 0 Å². The van der Waals surface area contributed by atoms with Crippen LogP contribution in [0.25, 0.3) is 0 Å². The molecule has 1 saturated heterocycles. The Labute approximate surface area is 134 Å². The average molecular weight is 327 g/mol. The Bertz CT molecular complexity index is 522. The van der Waals surface area contributed by atoms with E-state index < -0.39 is 36.2 Å². The number of hydrogen-bond donors (Lipinski definition) is 1. The fraction of sp³-hybridized carbons (Fsp3) is 0.600. The Morgan fingerprint density at radius 1 is 1.22 bits per heavy atom. The molecule has 1 heterocycles. The Kier molecular flexibility index (Phi) is 6.29. The van der Waals surface area contributed by atoms with Gasteiger partial charge in [0.2, 0.25) is 6.79 Å². The van der Waals surface area contributed by atoms with Gasteiger partial charge < -0.3 is 19.5 Å². The minimum atomic E-state index is -0.914. The van der Waals surface area contributed by atoms with Gasteiger partial charge in [-0.3, -0.25) is 9.59 Å². The summed E-state index contributed by atoms with van der Waals surface area (Å²) in [7, 11) is 0. The number of carbonyl (C=O) groups excluding carboxylic acids is 4. The predicted octanol–water partition coefficient (Wildman–Crippen LogP) is 0.310. The van der Waals surface area contributed by atoms with Crippen LogP contribution in [0.2, 0.25) is 0 Å². The lowest BCUT2D eigenvalue weighted by molar-refractivity contribution is -0.166. The van der Waals surface area contributed by atoms with Gasteiger partial charge in [0.15, 0.2) is 6.10 Å². The molecule has 0 radical (unpaired) electrons. The number of nitrogens with one attached hydrogen (secondary N) is 1. The summed E-state index contributed by atoms with van der Waals surface area (Å²) in [6.07, 6.45) is 0.780. The lowest BCUT2D eigenvalue weighted by atomic mass is 9.90. The van der Waals surface area contributed by atoms with Crippen LogP contribution >= 0.6 is 0 Å². The van der Waals surface area contributed by atoms with Crippen LogP contribution in [-0.2, 0) is 33.4 Å². The summed E-state index contributed by atoms with van der Waals surface area (Å²) in [5.74, 6) is -2.92. The van der Waals surface area contributed by atoms with E-state index >= 15 is 0 Å². The Balaban J connectivity index is 2.39. The average Bonchev–Trinajstić information content (AvgIpc) is 2.71. The zero-order chi connectivity index (χ0) is 17.6. The highest BCUT2D eigenvalue weighted by Crippen LogP contribution is 2.27. The summed E-state index contributed by atoms with van der Waals surface area (Å²) < 4.78 is 14.3. The highest BCUT2D eigenvalue weighted by atomic mass is 16.7. The lowest BCUT2D eigenvalue weighted by Gasteiger charge is -2.22. The summed E-state index contributed by atoms with van der Waals surface area (Å²) in [5, 5.41) is 2.60. The van der Waals surface area contributed by atoms with Crippen molar-refractivity contribution in [3.8, 4) is 0 Å². The van der Waals surface area contributed by atoms with Crippen molar-refractivity contribution in [1.82, 2.24) is 5.32 Å². The first-order valence-corrected chi connectivity index (χ1v) is 7.13. The van der Waals surface area contributed by atoms with Gasteiger partial charge in [-0.1, -0.05) is 27.7 Å². The van der Waals surface area contributed by atoms with E-state index in [1.54, 1.807) is 27.7 Å². The molecule has 8 nitrogen and oxygen atoms in total. The molecule has 1 aliphatic rings. The van der Waals surface area contributed by atoms with Gasteiger partial charge in [0.1, 0.15) is 0 Å². The second kappa shape index (κ2) is 7.75. The summed E-state index contributed by atoms with van der Waals surface area (Å²) in [5.41, 5.74) is -0.522. The molecular formula is C15H21NO7. The number of rotatable bonds is 6. The molecular weight excluding hydrogens is 306 g/mol. The smallest absolute Gasteiger partial charge is 0.333 e. The van der Waals surface area contributed by atoms with Crippen LogP contribution in [-0.4, -0.2) is 43.3 Å². The van der Waals surface area contributed by atoms with Gasteiger partial charge in [-0.25, -0.2) is 9.59 Å². The highest BCUT2D eigenvalue weighted by Gasteiger charge is 2.43. The van der Waals surface area contributed by atoms with Crippen molar-refractivity contribution in [2.75, 3.05) is 13.3 Å². The van der Waals surface area contributed by atoms with Gasteiger partial charge in [0.05, 0.1) is 5.92 Å². The molecule has 0 bridgehead atoms. The van der Waals surface area contributed by atoms with Crippen LogP contribution in [0, 0.1) is 11.3 Å². The van der Waals surface area contributed by atoms with E-state index in [0.29, 0.717) is 6.54 Å². The van der Waals surface area contributed by atoms with Gasteiger partial charge in [0.25, 0.3) is 5.91 Å². The van der Waals surface area contributed by atoms with Crippen molar-refractivity contribution in [3.63, 3.8) is 0 Å². The van der Waals surface area contributed by atoms with E-state index in [1.165, 1.54) is 0 Å². The molecule has 1 atom stereocenters. The number of hydrogen-bond acceptors (Lipinski definition) is 7. The monoisotopic (exact) mass is 327 g/mol. The maximum Gasteiger partial charge on any atom is 0.333 e. The summed E-state index contributed by atoms with van der Waals surface area (Å²) in [4.78, 5) is 45.7. The topological polar surface area (TPSA) is 108 Å². The van der Waals surface area contributed by atoms with Gasteiger partial charge in [0, 0.05) is 24.1 Å². The molecule has 0 aromatic carbocycles. The molecule has 1 N–H and O–H groups in total. The first kappa shape index (κ1) is 18.7. The second-order valence-corrected chi connectivity index (χ2v) is 6.06. The van der Waals surface area contributed by atoms with Crippen molar-refractivity contribution < 1.29 is 33.4 Å². The van der Waals surface area contributed by atoms with Crippen molar-refractivity contribution in [2.45, 2.75) is 33.8 Å². The Morgan fingerprint density at radius 2 is 1.83 bits per heavy atom. The number of ether oxygens (including phenoxy) is 3. The van der Waals surface area contributed by atoms with E-state index in [4.69, 9.17) is 4.74 Å². The van der Waals surface area contributed by atoms with E-state index in [0.717, 1.165) is 12.2 Å². The third-order valence-electron chi connectivity index (χ3n) is 3.13. The zero-order valence-corrected chi connectivity index (χ0v) is 13.6. The third-order valence-corrected chi connectivity index (χ3v) is 3.13. The van der Waals surface area contributed by atoms with Crippen LogP contribution in [0.4, 0.5) is 0 Å². The number of esters is 3. The van der Waals surface area contributed by atoms with Gasteiger partial charge in [-0.15, -0.1) is 0 Å². The quantitative estimate of drug-likeness (QED) is 0.425. The SMILES string of the molecule is CC(C)C(=O)OCOC(=O)/C=C/C(=O)OC1C(=O)NCC1(C)C. The van der Waals surface area contributed by atoms with Crippen LogP contribution in [0.1, 0.15) is 27.7 Å². The van der Waals surface area contributed by atoms with E-state index in [-0.39, 0.29) is 11.8 Å². The van der Waals surface area contributed by atoms with Crippen molar-refractivity contribution in [2.24, 2.45) is 11.3 Å². The van der Waals surface area contributed by atoms with Gasteiger partial charge >= 0.3 is 17.9 Å². The minimum Gasteiger partial charge on any atom is -0.448 e. The lowest BCUT2D eigenvalue weighted by Crippen LogP contribution is -2.35. The molecule has 1 rings (SSSR count). The van der Waals surface area contributed by atoms with E-state index in [1.807, 2.05) is 0 Å². The molecule has 0 spiro atoms. The van der Waals surface area contributed by atoms with Crippen molar-refractivity contribution >= 4 is 23.8 Å². The Morgan fingerprint density at radius 3 is 2.35 bits per heavy atom. The predicted molar refractivity (Wildman–Crippen MR) is 77.7 cm³/mol. The standard InChI is InChI=1S/C15H21NO7/c1-9(2)14(20)22-8-21-10(17)5-6-11(18)23-12-13(19)16-7-15(12,3)4/h5-6,9,12H,7-8H2,1-4H3,(H,16,19)/b6-5+. The molecule has 128 valence electrons. The third kappa shape index (κ3) is 5.72. The molecule has 1 unspecified atom stereocenters. The second-order valence-electron chi connectivity index (χ2n) is 6.06. The molecule has 1 aliphatic heterocycles. The molecule has 0 aromatic heterocycles. The molecule has 8 heteroatoms. The van der Waals surface area contributed by atoms with Crippen molar-refractivity contribution in [1.29, 1.82) is 0 Å². The van der Waals surface area contributed by atoms with E-state index in [2.05, 4.69) is 14.8 Å². The normalized spacial score (nSPS) is 19.5. The van der Waals surface area contributed by atoms with Crippen molar-refractivity contribution in [3.05, 3.63) is 12.2 Å². The fourth-order valence-electron chi connectivity index (χ4n) is 1.72. The minimum absolute atomic E-state index is 0.333. The van der Waals surface area contributed by atoms with Gasteiger partial charge in [-0.05, 0) is 0 Å². The van der Waals surface area contributed by atoms with Crippen LogP contribution < -0.4 is 5.32 Å². The highest BCUT2D eigenvalue weighted by molar-refractivity contribution is 5.94. The van der Waals surface area contributed by atoms with Crippen LogP contribution in [0.15, 0.2) is 12.2 Å². The van der Waals surface area contributed by atoms with E-state index in [9.17, 15) is 19.2 Å². The zero-order valence-electron chi connectivity index (χ0n) is 13.6. The number of amides is 1. The van der Waals surface area contributed by atoms with Crippen LogP contribution in [0.3, 0.4) is 0 Å². The molecule has 1 fully saturated rings. The molecule has 1 amide bonds. The first-order chi connectivity index (χ1) is 10.6. The molecule has 0 saturated carbocycles. The maximum absolute atomic E-state index is 11.6. The summed E-state index contributed by atoms with van der Waals surface area (Å²) in [6, 6.07) is 0. The maximum atomic E-state index is 11.6. The largest absolute Gasteiger partial charge is 0.448 e. The number of carbonyl (C=O) groups is 4. The molecule has 23 heavy (non-hydrogen) atoms. The van der Waals surface area contributed by atoms with Crippen LogP contribution in [0.5, 0.6) is 0 Å². The Hall–Kier alpha value is -2.38. The molecule has 0 aliphatic carbocycles. The summed E-state index contributed by atoms with van der Waals surface area (Å²) >= 11 is 0. The molecule has 0 aromatic rings. The fourth-order valence-corrected chi connectivity index (χ4v) is 1.72. The first-order valence-electron chi connectivity index (χ1n) is 7.13.